The number of phenolic OH excluding ortho intramolecular Hbond substituents is 1. The number of hydrogen-bond acceptors (Lipinski definition) is 7. The van der Waals surface area contributed by atoms with Crippen molar-refractivity contribution in [1.82, 2.24) is 10.3 Å². The molecule has 1 atom stereocenters. The van der Waals surface area contributed by atoms with E-state index >= 15 is 0 Å². The highest BCUT2D eigenvalue weighted by molar-refractivity contribution is 5.89. The molecule has 1 unspecified atom stereocenters. The van der Waals surface area contributed by atoms with E-state index in [1.54, 1.807) is 51.2 Å². The summed E-state index contributed by atoms with van der Waals surface area (Å²) in [5.74, 6) is -0.957. The van der Waals surface area contributed by atoms with Crippen molar-refractivity contribution in [3.05, 3.63) is 94.8 Å². The molecule has 2 heterocycles. The zero-order valence-corrected chi connectivity index (χ0v) is 22.2. The van der Waals surface area contributed by atoms with Gasteiger partial charge in [0, 0.05) is 47.3 Å². The van der Waals surface area contributed by atoms with E-state index in [9.17, 15) is 19.5 Å². The number of ether oxygens (including phenoxy) is 2. The molecule has 9 nitrogen and oxygen atoms in total. The van der Waals surface area contributed by atoms with Crippen LogP contribution < -0.4 is 15.5 Å². The average molecular weight is 541 g/mol. The Balaban J connectivity index is 1.46. The highest BCUT2D eigenvalue weighted by Crippen LogP contribution is 2.31. The maximum atomic E-state index is 13.4. The fourth-order valence-electron chi connectivity index (χ4n) is 4.40. The third-order valence-electron chi connectivity index (χ3n) is 6.13. The SMILES string of the molecule is CC(C)(C)OC(=O)NC(Cc1c[nH]c2ccccc12)C(=O)Oc1cc(O)c2c(=O)cc(-c3ccccc3)oc2c1. The summed E-state index contributed by atoms with van der Waals surface area (Å²) >= 11 is 0. The molecule has 40 heavy (non-hydrogen) atoms. The Bertz CT molecular complexity index is 1760. The third-order valence-corrected chi connectivity index (χ3v) is 6.13. The molecule has 2 aromatic heterocycles. The van der Waals surface area contributed by atoms with Gasteiger partial charge in [0.1, 0.15) is 39.9 Å². The van der Waals surface area contributed by atoms with Crippen molar-refractivity contribution in [2.45, 2.75) is 38.8 Å². The lowest BCUT2D eigenvalue weighted by atomic mass is 10.1. The molecular formula is C31H28N2O7. The van der Waals surface area contributed by atoms with Crippen molar-refractivity contribution in [1.29, 1.82) is 0 Å². The summed E-state index contributed by atoms with van der Waals surface area (Å²) in [6.07, 6.45) is 1.09. The van der Waals surface area contributed by atoms with Crippen LogP contribution in [0.2, 0.25) is 0 Å². The molecule has 0 aliphatic heterocycles. The van der Waals surface area contributed by atoms with Gasteiger partial charge in [-0.3, -0.25) is 4.79 Å². The Morgan fingerprint density at radius 2 is 1.75 bits per heavy atom. The summed E-state index contributed by atoms with van der Waals surface area (Å²) in [4.78, 5) is 41.9. The zero-order valence-electron chi connectivity index (χ0n) is 22.2. The maximum Gasteiger partial charge on any atom is 0.408 e. The number of aromatic hydroxyl groups is 1. The van der Waals surface area contributed by atoms with Crippen LogP contribution in [-0.4, -0.2) is 33.8 Å². The van der Waals surface area contributed by atoms with Gasteiger partial charge in [0.25, 0.3) is 0 Å². The number of alkyl carbamates (subject to hydrolysis) is 1. The van der Waals surface area contributed by atoms with E-state index < -0.39 is 34.9 Å². The molecule has 3 aromatic carbocycles. The molecule has 0 saturated heterocycles. The molecule has 0 fully saturated rings. The van der Waals surface area contributed by atoms with E-state index in [4.69, 9.17) is 13.9 Å². The van der Waals surface area contributed by atoms with Crippen molar-refractivity contribution in [2.24, 2.45) is 0 Å². The van der Waals surface area contributed by atoms with E-state index in [1.807, 2.05) is 30.3 Å². The van der Waals surface area contributed by atoms with Gasteiger partial charge in [0.2, 0.25) is 0 Å². The molecule has 5 aromatic rings. The second-order valence-electron chi connectivity index (χ2n) is 10.3. The van der Waals surface area contributed by atoms with Crippen LogP contribution in [0.5, 0.6) is 11.5 Å². The summed E-state index contributed by atoms with van der Waals surface area (Å²) in [6, 6.07) is 19.3. The van der Waals surface area contributed by atoms with E-state index in [0.29, 0.717) is 11.3 Å². The number of amides is 1. The van der Waals surface area contributed by atoms with Crippen LogP contribution >= 0.6 is 0 Å². The predicted octanol–water partition coefficient (Wildman–Crippen LogP) is 5.69. The van der Waals surface area contributed by atoms with Crippen LogP contribution in [-0.2, 0) is 16.0 Å². The first kappa shape index (κ1) is 26.6. The minimum Gasteiger partial charge on any atom is -0.507 e. The molecule has 0 aliphatic rings. The number of hydrogen-bond donors (Lipinski definition) is 3. The third kappa shape index (κ3) is 5.83. The van der Waals surface area contributed by atoms with Gasteiger partial charge in [-0.15, -0.1) is 0 Å². The maximum absolute atomic E-state index is 13.4. The number of aromatic nitrogens is 1. The van der Waals surface area contributed by atoms with Crippen LogP contribution in [0.25, 0.3) is 33.2 Å². The van der Waals surface area contributed by atoms with Gasteiger partial charge in [-0.2, -0.15) is 0 Å². The van der Waals surface area contributed by atoms with Gasteiger partial charge in [-0.25, -0.2) is 9.59 Å². The van der Waals surface area contributed by atoms with Crippen LogP contribution in [0, 0.1) is 0 Å². The first-order chi connectivity index (χ1) is 19.1. The van der Waals surface area contributed by atoms with Crippen LogP contribution in [0.15, 0.2) is 88.2 Å². The lowest BCUT2D eigenvalue weighted by molar-refractivity contribution is -0.136. The number of carbonyl (C=O) groups excluding carboxylic acids is 2. The quantitative estimate of drug-likeness (QED) is 0.186. The van der Waals surface area contributed by atoms with Crippen molar-refractivity contribution >= 4 is 33.9 Å². The van der Waals surface area contributed by atoms with Crippen LogP contribution in [0.3, 0.4) is 0 Å². The largest absolute Gasteiger partial charge is 0.507 e. The minimum atomic E-state index is -1.13. The highest BCUT2D eigenvalue weighted by Gasteiger charge is 2.28. The van der Waals surface area contributed by atoms with Gasteiger partial charge in [-0.05, 0) is 32.4 Å². The second kappa shape index (κ2) is 10.6. The zero-order chi connectivity index (χ0) is 28.4. The number of phenols is 1. The Labute approximate surface area is 229 Å². The first-order valence-corrected chi connectivity index (χ1v) is 12.7. The molecule has 1 amide bonds. The number of esters is 1. The molecule has 0 bridgehead atoms. The molecule has 0 spiro atoms. The molecule has 204 valence electrons. The normalized spacial score (nSPS) is 12.3. The predicted molar refractivity (Wildman–Crippen MR) is 150 cm³/mol. The van der Waals surface area contributed by atoms with Crippen LogP contribution in [0.4, 0.5) is 4.79 Å². The van der Waals surface area contributed by atoms with E-state index in [-0.39, 0.29) is 23.1 Å². The number of nitrogens with one attached hydrogen (secondary N) is 2. The van der Waals surface area contributed by atoms with Gasteiger partial charge >= 0.3 is 12.1 Å². The summed E-state index contributed by atoms with van der Waals surface area (Å²) in [7, 11) is 0. The minimum absolute atomic E-state index is 0.0401. The molecule has 9 heteroatoms. The number of benzene rings is 3. The fraction of sp³-hybridized carbons (Fsp3) is 0.194. The van der Waals surface area contributed by atoms with Gasteiger partial charge in [0.15, 0.2) is 5.43 Å². The Hall–Kier alpha value is -5.05. The summed E-state index contributed by atoms with van der Waals surface area (Å²) < 4.78 is 16.9. The number of rotatable bonds is 6. The molecular weight excluding hydrogens is 512 g/mol. The summed E-state index contributed by atoms with van der Waals surface area (Å²) in [5.41, 5.74) is 1.15. The first-order valence-electron chi connectivity index (χ1n) is 12.7. The average Bonchev–Trinajstić information content (AvgIpc) is 3.30. The number of fused-ring (bicyclic) bond motifs is 2. The summed E-state index contributed by atoms with van der Waals surface area (Å²) in [6.45, 7) is 5.15. The van der Waals surface area contributed by atoms with Crippen molar-refractivity contribution in [2.75, 3.05) is 0 Å². The monoisotopic (exact) mass is 540 g/mol. The second-order valence-corrected chi connectivity index (χ2v) is 10.3. The fourth-order valence-corrected chi connectivity index (χ4v) is 4.40. The Kier molecular flexibility index (Phi) is 7.04. The van der Waals surface area contributed by atoms with E-state index in [1.165, 1.54) is 12.1 Å². The van der Waals surface area contributed by atoms with Gasteiger partial charge < -0.3 is 29.3 Å². The number of aromatic amines is 1. The Morgan fingerprint density at radius 3 is 2.50 bits per heavy atom. The lowest BCUT2D eigenvalue weighted by Gasteiger charge is -2.23. The Morgan fingerprint density at radius 1 is 1.02 bits per heavy atom. The van der Waals surface area contributed by atoms with E-state index in [0.717, 1.165) is 22.5 Å². The highest BCUT2D eigenvalue weighted by atomic mass is 16.6. The standard InChI is InChI=1S/C31H28N2O7/c1-31(2,3)40-30(37)33-23(13-19-17-32-22-12-8-7-11-21(19)22)29(36)38-20-14-24(34)28-25(35)16-26(39-27(28)15-20)18-9-5-4-6-10-18/h4-12,14-17,23,32,34H,13H2,1-3H3,(H,33,37). The number of H-pyrrole nitrogens is 1. The molecule has 0 saturated carbocycles. The number of para-hydroxylation sites is 1. The van der Waals surface area contributed by atoms with Crippen molar-refractivity contribution in [3.8, 4) is 22.8 Å². The molecule has 3 N–H and O–H groups in total. The lowest BCUT2D eigenvalue weighted by Crippen LogP contribution is -2.46. The number of carbonyl (C=O) groups is 2. The van der Waals surface area contributed by atoms with E-state index in [2.05, 4.69) is 10.3 Å². The van der Waals surface area contributed by atoms with Gasteiger partial charge in [-0.1, -0.05) is 48.5 Å². The molecule has 5 rings (SSSR count). The molecule has 0 aliphatic carbocycles. The van der Waals surface area contributed by atoms with Crippen LogP contribution in [0.1, 0.15) is 26.3 Å². The van der Waals surface area contributed by atoms with Crippen molar-refractivity contribution in [3.63, 3.8) is 0 Å². The topological polar surface area (TPSA) is 131 Å². The summed E-state index contributed by atoms with van der Waals surface area (Å²) in [5, 5.41) is 14.1. The molecule has 0 radical (unpaired) electrons. The van der Waals surface area contributed by atoms with Gasteiger partial charge in [0.05, 0.1) is 0 Å². The van der Waals surface area contributed by atoms with Crippen molar-refractivity contribution < 1.29 is 28.6 Å². The smallest absolute Gasteiger partial charge is 0.408 e.